The van der Waals surface area contributed by atoms with Crippen molar-refractivity contribution < 1.29 is 9.87 Å². The van der Waals surface area contributed by atoms with Crippen molar-refractivity contribution in [3.63, 3.8) is 0 Å². The third kappa shape index (κ3) is 1.16. The second-order valence-electron chi connectivity index (χ2n) is 2.06. The molecule has 9 heavy (non-hydrogen) atoms. The number of hydrogen-bond donors (Lipinski definition) is 1. The van der Waals surface area contributed by atoms with Crippen molar-refractivity contribution in [3.8, 4) is 0 Å². The molecule has 0 aromatic rings. The summed E-state index contributed by atoms with van der Waals surface area (Å²) < 4.78 is 0.773. The van der Waals surface area contributed by atoms with Crippen molar-refractivity contribution in [1.29, 1.82) is 0 Å². The van der Waals surface area contributed by atoms with Gasteiger partial charge in [-0.2, -0.15) is 0 Å². The average molecular weight is 126 g/mol. The first-order valence-corrected chi connectivity index (χ1v) is 2.71. The van der Waals surface area contributed by atoms with Gasteiger partial charge in [0.1, 0.15) is 5.76 Å². The zero-order chi connectivity index (χ0) is 6.85. The van der Waals surface area contributed by atoms with E-state index in [9.17, 15) is 4.91 Å². The molecule has 0 radical (unpaired) electrons. The third-order valence-corrected chi connectivity index (χ3v) is 1.23. The number of nitroso groups, excluding NO2 is 1. The van der Waals surface area contributed by atoms with Crippen LogP contribution in [0.2, 0.25) is 0 Å². The Labute approximate surface area is 52.9 Å². The van der Waals surface area contributed by atoms with Crippen LogP contribution in [-0.4, -0.2) is 16.4 Å². The fourth-order valence-electron chi connectivity index (χ4n) is 0.663. The monoisotopic (exact) mass is 126 g/mol. The van der Waals surface area contributed by atoms with Crippen molar-refractivity contribution in [2.75, 3.05) is 6.54 Å². The van der Waals surface area contributed by atoms with Gasteiger partial charge < -0.3 is 5.11 Å². The summed E-state index contributed by atoms with van der Waals surface area (Å²) in [5.74, 6) is 0.210. The maximum Gasteiger partial charge on any atom is 0.225 e. The third-order valence-electron chi connectivity index (χ3n) is 1.23. The van der Waals surface area contributed by atoms with E-state index >= 15 is 0 Å². The van der Waals surface area contributed by atoms with Gasteiger partial charge in [-0.25, -0.2) is 0 Å². The molecule has 0 spiro atoms. The lowest BCUT2D eigenvalue weighted by atomic mass is 10.2. The van der Waals surface area contributed by atoms with E-state index < -0.39 is 0 Å². The van der Waals surface area contributed by atoms with E-state index in [1.54, 1.807) is 6.92 Å². The Morgan fingerprint density at radius 2 is 2.44 bits per heavy atom. The summed E-state index contributed by atoms with van der Waals surface area (Å²) in [6, 6.07) is 0. The highest BCUT2D eigenvalue weighted by Crippen LogP contribution is 2.07. The molecule has 0 fully saturated rings. The second kappa shape index (κ2) is 2.01. The molecule has 1 rings (SSSR count). The van der Waals surface area contributed by atoms with Crippen LogP contribution in [0.4, 0.5) is 0 Å². The van der Waals surface area contributed by atoms with Gasteiger partial charge in [-0.1, -0.05) is 0 Å². The molecule has 0 atom stereocenters. The van der Waals surface area contributed by atoms with E-state index in [0.29, 0.717) is 5.57 Å². The van der Waals surface area contributed by atoms with Crippen molar-refractivity contribution in [1.82, 2.24) is 0 Å². The molecule has 48 valence electrons. The normalized spacial score (nSPS) is 19.0. The number of rotatable bonds is 0. The molecule has 0 saturated heterocycles. The van der Waals surface area contributed by atoms with Crippen molar-refractivity contribution in [2.45, 2.75) is 6.92 Å². The Kier molecular flexibility index (Phi) is 1.34. The van der Waals surface area contributed by atoms with Crippen LogP contribution in [0.5, 0.6) is 0 Å². The second-order valence-corrected chi connectivity index (χ2v) is 2.06. The molecule has 1 N–H and O–H groups in total. The molecule has 1 heterocycles. The van der Waals surface area contributed by atoms with Gasteiger partial charge in [-0.3, -0.25) is 0 Å². The first kappa shape index (κ1) is 6.01. The maximum absolute atomic E-state index is 10.5. The molecular formula is C6H8NO2+. The topological polar surface area (TPSA) is 40.3 Å². The molecule has 1 aliphatic heterocycles. The zero-order valence-electron chi connectivity index (χ0n) is 5.16. The molecule has 0 aliphatic carbocycles. The van der Waals surface area contributed by atoms with Crippen LogP contribution in [0.25, 0.3) is 0 Å². The van der Waals surface area contributed by atoms with Gasteiger partial charge in [0.2, 0.25) is 12.7 Å². The van der Waals surface area contributed by atoms with Crippen LogP contribution < -0.4 is 0 Å². The van der Waals surface area contributed by atoms with Gasteiger partial charge in [0.05, 0.1) is 0 Å². The van der Waals surface area contributed by atoms with Gasteiger partial charge in [0.15, 0.2) is 0 Å². The number of allylic oxidation sites excluding steroid dienone is 1. The number of aliphatic hydroxyl groups is 1. The summed E-state index contributed by atoms with van der Waals surface area (Å²) in [5, 5.41) is 8.92. The van der Waals surface area contributed by atoms with Crippen molar-refractivity contribution in [3.05, 3.63) is 28.5 Å². The summed E-state index contributed by atoms with van der Waals surface area (Å²) >= 11 is 0. The lowest BCUT2D eigenvalue weighted by Crippen LogP contribution is -2.08. The van der Waals surface area contributed by atoms with Gasteiger partial charge in [-0.15, -0.1) is 0 Å². The minimum absolute atomic E-state index is 0.210. The Balaban J connectivity index is 2.87. The standard InChI is InChI=1S/C6H7NO2/c1-5-4-7(9)3-2-6(5)8/h2-3H,4H2,1H3/p+1. The quantitative estimate of drug-likeness (QED) is 0.494. The molecular weight excluding hydrogens is 118 g/mol. The Hall–Kier alpha value is -1.12. The van der Waals surface area contributed by atoms with Crippen molar-refractivity contribution >= 4 is 0 Å². The highest BCUT2D eigenvalue weighted by molar-refractivity contribution is 5.18. The summed E-state index contributed by atoms with van der Waals surface area (Å²) in [6.07, 6.45) is 2.70. The van der Waals surface area contributed by atoms with Crippen LogP contribution in [0.1, 0.15) is 6.92 Å². The largest absolute Gasteiger partial charge is 0.508 e. The van der Waals surface area contributed by atoms with E-state index in [2.05, 4.69) is 0 Å². The number of nitrogens with zero attached hydrogens (tertiary/aromatic N) is 1. The fourth-order valence-corrected chi connectivity index (χ4v) is 0.663. The van der Waals surface area contributed by atoms with Gasteiger partial charge in [0.25, 0.3) is 0 Å². The Morgan fingerprint density at radius 3 is 2.89 bits per heavy atom. The SMILES string of the molecule is CC1=C(O)C=C[N+](=O)C1. The van der Waals surface area contributed by atoms with E-state index in [0.717, 1.165) is 4.76 Å². The Morgan fingerprint density at radius 1 is 1.78 bits per heavy atom. The highest BCUT2D eigenvalue weighted by atomic mass is 16.3. The molecule has 0 aromatic heterocycles. The van der Waals surface area contributed by atoms with Crippen LogP contribution in [0.3, 0.4) is 0 Å². The fraction of sp³-hybridized carbons (Fsp3) is 0.333. The first-order valence-electron chi connectivity index (χ1n) is 2.71. The van der Waals surface area contributed by atoms with Gasteiger partial charge in [-0.05, 0) is 6.92 Å². The first-order chi connectivity index (χ1) is 4.20. The predicted octanol–water partition coefficient (Wildman–Crippen LogP) is 1.12. The minimum Gasteiger partial charge on any atom is -0.508 e. The predicted molar refractivity (Wildman–Crippen MR) is 33.0 cm³/mol. The van der Waals surface area contributed by atoms with Gasteiger partial charge >= 0.3 is 0 Å². The lowest BCUT2D eigenvalue weighted by molar-refractivity contribution is -0.472. The van der Waals surface area contributed by atoms with Crippen LogP contribution in [0.15, 0.2) is 23.6 Å². The van der Waals surface area contributed by atoms with E-state index in [4.69, 9.17) is 5.11 Å². The lowest BCUT2D eigenvalue weighted by Gasteiger charge is -1.98. The van der Waals surface area contributed by atoms with Gasteiger partial charge in [0, 0.05) is 21.3 Å². The van der Waals surface area contributed by atoms with E-state index in [1.165, 1.54) is 12.3 Å². The van der Waals surface area contributed by atoms with Crippen LogP contribution in [-0.2, 0) is 0 Å². The zero-order valence-corrected chi connectivity index (χ0v) is 5.16. The molecule has 0 saturated carbocycles. The molecule has 3 heteroatoms. The highest BCUT2D eigenvalue weighted by Gasteiger charge is 2.13. The summed E-state index contributed by atoms with van der Waals surface area (Å²) in [4.78, 5) is 10.5. The molecule has 3 nitrogen and oxygen atoms in total. The molecule has 0 bridgehead atoms. The molecule has 0 amide bonds. The smallest absolute Gasteiger partial charge is 0.225 e. The molecule has 0 aromatic carbocycles. The van der Waals surface area contributed by atoms with E-state index in [-0.39, 0.29) is 12.3 Å². The Bertz CT molecular complexity index is 203. The maximum atomic E-state index is 10.5. The van der Waals surface area contributed by atoms with Crippen LogP contribution >= 0.6 is 0 Å². The van der Waals surface area contributed by atoms with E-state index in [1.807, 2.05) is 0 Å². The molecule has 0 unspecified atom stereocenters. The minimum atomic E-state index is 0.210. The number of aliphatic hydroxyl groups excluding tert-OH is 1. The van der Waals surface area contributed by atoms with Crippen molar-refractivity contribution in [2.24, 2.45) is 0 Å². The summed E-state index contributed by atoms with van der Waals surface area (Å²) in [5.41, 5.74) is 0.715. The average Bonchev–Trinajstić information content (AvgIpc) is 1.80. The molecule has 1 aliphatic rings. The van der Waals surface area contributed by atoms with Crippen LogP contribution in [0, 0.1) is 4.91 Å². The number of hydrogen-bond acceptors (Lipinski definition) is 2. The summed E-state index contributed by atoms with van der Waals surface area (Å²) in [7, 11) is 0. The summed E-state index contributed by atoms with van der Waals surface area (Å²) in [6.45, 7) is 2.01.